The molecule has 1 aliphatic rings. The molecule has 0 aromatic heterocycles. The number of hydrogen-bond acceptors (Lipinski definition) is 6. The summed E-state index contributed by atoms with van der Waals surface area (Å²) in [5, 5.41) is -0.250. The van der Waals surface area contributed by atoms with Crippen LogP contribution in [0.15, 0.2) is 17.0 Å². The molecule has 0 radical (unpaired) electrons. The molecule has 1 aromatic rings. The number of imide groups is 1. The first-order valence-corrected chi connectivity index (χ1v) is 8.36. The number of benzene rings is 1. The Morgan fingerprint density at radius 1 is 1.12 bits per heavy atom. The molecule has 130 valence electrons. The maximum absolute atomic E-state index is 12.5. The highest BCUT2D eigenvalue weighted by Crippen LogP contribution is 2.42. The molecule has 2 rings (SSSR count). The topological polar surface area (TPSA) is 65.1 Å². The smallest absolute Gasteiger partial charge is 0.293 e. The predicted molar refractivity (Wildman–Crippen MR) is 93.7 cm³/mol. The Kier molecular flexibility index (Phi) is 5.77. The van der Waals surface area contributed by atoms with E-state index in [2.05, 4.69) is 0 Å². The molecule has 2 amide bonds. The zero-order valence-electron chi connectivity index (χ0n) is 14.4. The van der Waals surface area contributed by atoms with E-state index >= 15 is 0 Å². The van der Waals surface area contributed by atoms with Crippen LogP contribution in [0.5, 0.6) is 17.2 Å². The summed E-state index contributed by atoms with van der Waals surface area (Å²) >= 11 is 0.934. The highest BCUT2D eigenvalue weighted by molar-refractivity contribution is 8.18. The fourth-order valence-corrected chi connectivity index (χ4v) is 3.34. The van der Waals surface area contributed by atoms with Crippen LogP contribution in [0, 0.1) is 0 Å². The Bertz CT molecular complexity index is 686. The van der Waals surface area contributed by atoms with Gasteiger partial charge in [0.1, 0.15) is 0 Å². The summed E-state index contributed by atoms with van der Waals surface area (Å²) in [5.41, 5.74) is 0.643. The van der Waals surface area contributed by atoms with E-state index in [1.165, 1.54) is 26.2 Å². The van der Waals surface area contributed by atoms with Gasteiger partial charge in [-0.15, -0.1) is 0 Å². The average Bonchev–Trinajstić information content (AvgIpc) is 2.87. The van der Waals surface area contributed by atoms with Crippen molar-refractivity contribution >= 4 is 29.0 Å². The lowest BCUT2D eigenvalue weighted by atomic mass is 10.1. The first-order chi connectivity index (χ1) is 11.5. The molecule has 0 saturated carbocycles. The molecular weight excluding hydrogens is 330 g/mol. The molecule has 1 aliphatic heterocycles. The molecule has 24 heavy (non-hydrogen) atoms. The highest BCUT2D eigenvalue weighted by Gasteiger charge is 2.37. The third-order valence-corrected chi connectivity index (χ3v) is 4.76. The SMILES string of the molecule is CC[C@@H](C)N1C(=O)S/C(=C/c2ccc(OC)c(OC)c2OC)C1=O. The van der Waals surface area contributed by atoms with Gasteiger partial charge >= 0.3 is 0 Å². The summed E-state index contributed by atoms with van der Waals surface area (Å²) in [6.07, 6.45) is 2.36. The molecule has 6 nitrogen and oxygen atoms in total. The summed E-state index contributed by atoms with van der Waals surface area (Å²) in [5.74, 6) is 1.14. The quantitative estimate of drug-likeness (QED) is 0.730. The van der Waals surface area contributed by atoms with Crippen molar-refractivity contribution in [2.24, 2.45) is 0 Å². The molecule has 0 spiro atoms. The number of amides is 2. The number of carbonyl (C=O) groups is 2. The van der Waals surface area contributed by atoms with E-state index in [1.807, 2.05) is 13.8 Å². The summed E-state index contributed by atoms with van der Waals surface area (Å²) in [7, 11) is 4.56. The van der Waals surface area contributed by atoms with Gasteiger partial charge in [0.2, 0.25) is 5.75 Å². The van der Waals surface area contributed by atoms with Crippen LogP contribution in [-0.4, -0.2) is 43.4 Å². The zero-order chi connectivity index (χ0) is 17.9. The van der Waals surface area contributed by atoms with Gasteiger partial charge in [0.15, 0.2) is 11.5 Å². The van der Waals surface area contributed by atoms with E-state index in [4.69, 9.17) is 14.2 Å². The summed E-state index contributed by atoms with van der Waals surface area (Å²) in [4.78, 5) is 26.3. The van der Waals surface area contributed by atoms with Crippen LogP contribution in [0.25, 0.3) is 6.08 Å². The van der Waals surface area contributed by atoms with Crippen molar-refractivity contribution in [3.8, 4) is 17.2 Å². The van der Waals surface area contributed by atoms with Crippen LogP contribution in [0.3, 0.4) is 0 Å². The van der Waals surface area contributed by atoms with E-state index in [0.29, 0.717) is 34.1 Å². The molecule has 0 bridgehead atoms. The minimum absolute atomic E-state index is 0.129. The number of thioether (sulfide) groups is 1. The first-order valence-electron chi connectivity index (χ1n) is 7.54. The Morgan fingerprint density at radius 2 is 1.79 bits per heavy atom. The largest absolute Gasteiger partial charge is 0.493 e. The van der Waals surface area contributed by atoms with Gasteiger partial charge < -0.3 is 14.2 Å². The Balaban J connectivity index is 2.45. The number of methoxy groups -OCH3 is 3. The molecule has 1 saturated heterocycles. The number of rotatable bonds is 6. The maximum Gasteiger partial charge on any atom is 0.293 e. The van der Waals surface area contributed by atoms with Crippen molar-refractivity contribution in [3.63, 3.8) is 0 Å². The number of carbonyl (C=O) groups excluding carboxylic acids is 2. The van der Waals surface area contributed by atoms with Crippen molar-refractivity contribution in [2.75, 3.05) is 21.3 Å². The van der Waals surface area contributed by atoms with Gasteiger partial charge in [-0.25, -0.2) is 0 Å². The van der Waals surface area contributed by atoms with E-state index in [0.717, 1.165) is 11.8 Å². The molecule has 0 aliphatic carbocycles. The zero-order valence-corrected chi connectivity index (χ0v) is 15.2. The normalized spacial score (nSPS) is 17.4. The monoisotopic (exact) mass is 351 g/mol. The molecule has 0 N–H and O–H groups in total. The van der Waals surface area contributed by atoms with Crippen LogP contribution in [0.1, 0.15) is 25.8 Å². The molecule has 7 heteroatoms. The third-order valence-electron chi connectivity index (χ3n) is 3.88. The Labute approximate surface area is 145 Å². The van der Waals surface area contributed by atoms with Gasteiger partial charge in [0.25, 0.3) is 11.1 Å². The van der Waals surface area contributed by atoms with Gasteiger partial charge in [0, 0.05) is 11.6 Å². The van der Waals surface area contributed by atoms with Gasteiger partial charge in [0.05, 0.1) is 26.2 Å². The Hall–Kier alpha value is -2.15. The summed E-state index contributed by atoms with van der Waals surface area (Å²) in [6, 6.07) is 3.36. The third kappa shape index (κ3) is 3.21. The van der Waals surface area contributed by atoms with Crippen LogP contribution < -0.4 is 14.2 Å². The lowest BCUT2D eigenvalue weighted by molar-refractivity contribution is -0.124. The highest BCUT2D eigenvalue weighted by atomic mass is 32.2. The average molecular weight is 351 g/mol. The van der Waals surface area contributed by atoms with E-state index in [9.17, 15) is 9.59 Å². The van der Waals surface area contributed by atoms with E-state index in [-0.39, 0.29) is 17.2 Å². The first kappa shape index (κ1) is 18.2. The standard InChI is InChI=1S/C17H21NO5S/c1-6-10(2)18-16(19)13(24-17(18)20)9-11-7-8-12(21-3)15(23-5)14(11)22-4/h7-10H,6H2,1-5H3/b13-9+/t10-/m1/s1. The number of hydrogen-bond donors (Lipinski definition) is 0. The van der Waals surface area contributed by atoms with Crippen molar-refractivity contribution in [1.29, 1.82) is 0 Å². The van der Waals surface area contributed by atoms with Gasteiger partial charge in [-0.1, -0.05) is 6.92 Å². The summed E-state index contributed by atoms with van der Waals surface area (Å²) in [6.45, 7) is 3.80. The molecule has 1 atom stereocenters. The van der Waals surface area contributed by atoms with Crippen LogP contribution in [-0.2, 0) is 4.79 Å². The molecule has 1 aromatic carbocycles. The molecule has 1 heterocycles. The van der Waals surface area contributed by atoms with Crippen molar-refractivity contribution in [1.82, 2.24) is 4.90 Å². The van der Waals surface area contributed by atoms with Gasteiger partial charge in [-0.2, -0.15) is 0 Å². The summed E-state index contributed by atoms with van der Waals surface area (Å²) < 4.78 is 16.0. The van der Waals surface area contributed by atoms with Crippen molar-refractivity contribution in [2.45, 2.75) is 26.3 Å². The molecule has 1 fully saturated rings. The molecule has 0 unspecified atom stereocenters. The van der Waals surface area contributed by atoms with Crippen LogP contribution in [0.2, 0.25) is 0 Å². The predicted octanol–water partition coefficient (Wildman–Crippen LogP) is 3.55. The van der Waals surface area contributed by atoms with Crippen LogP contribution >= 0.6 is 11.8 Å². The van der Waals surface area contributed by atoms with E-state index < -0.39 is 0 Å². The minimum atomic E-state index is -0.281. The lowest BCUT2D eigenvalue weighted by Crippen LogP contribution is -2.36. The fraction of sp³-hybridized carbons (Fsp3) is 0.412. The van der Waals surface area contributed by atoms with Gasteiger partial charge in [-0.05, 0) is 43.3 Å². The Morgan fingerprint density at radius 3 is 2.33 bits per heavy atom. The second-order valence-electron chi connectivity index (χ2n) is 5.23. The lowest BCUT2D eigenvalue weighted by Gasteiger charge is -2.19. The molecular formula is C17H21NO5S. The van der Waals surface area contributed by atoms with E-state index in [1.54, 1.807) is 18.2 Å². The fourth-order valence-electron chi connectivity index (χ4n) is 2.42. The van der Waals surface area contributed by atoms with Crippen molar-refractivity contribution < 1.29 is 23.8 Å². The van der Waals surface area contributed by atoms with Crippen LogP contribution in [0.4, 0.5) is 4.79 Å². The number of ether oxygens (including phenoxy) is 3. The minimum Gasteiger partial charge on any atom is -0.493 e. The number of nitrogens with zero attached hydrogens (tertiary/aromatic N) is 1. The van der Waals surface area contributed by atoms with Gasteiger partial charge in [-0.3, -0.25) is 14.5 Å². The second kappa shape index (κ2) is 7.61. The maximum atomic E-state index is 12.5. The second-order valence-corrected chi connectivity index (χ2v) is 6.23. The van der Waals surface area contributed by atoms with Crippen molar-refractivity contribution in [3.05, 3.63) is 22.6 Å².